The van der Waals surface area contributed by atoms with Gasteiger partial charge in [0.2, 0.25) is 5.91 Å². The van der Waals surface area contributed by atoms with Gasteiger partial charge in [0.25, 0.3) is 0 Å². The molecule has 2 aromatic carbocycles. The molecule has 172 valence electrons. The molecule has 2 fully saturated rings. The minimum Gasteiger partial charge on any atom is -0.479 e. The molecule has 33 heavy (non-hydrogen) atoms. The van der Waals surface area contributed by atoms with Crippen LogP contribution in [0.4, 0.5) is 4.79 Å². The minimum atomic E-state index is -1.86. The van der Waals surface area contributed by atoms with E-state index in [-0.39, 0.29) is 49.8 Å². The molecule has 3 atom stereocenters. The van der Waals surface area contributed by atoms with E-state index in [0.29, 0.717) is 13.0 Å². The van der Waals surface area contributed by atoms with Crippen LogP contribution in [-0.4, -0.2) is 64.9 Å². The van der Waals surface area contributed by atoms with Gasteiger partial charge in [-0.25, -0.2) is 9.59 Å². The zero-order valence-corrected chi connectivity index (χ0v) is 18.1. The van der Waals surface area contributed by atoms with E-state index in [1.807, 2.05) is 24.3 Å². The lowest BCUT2D eigenvalue weighted by molar-refractivity contribution is -0.157. The SMILES string of the molecule is O=C(NC[C@H]1C[C@H]1C(=O)N1CCC(O)(C(=O)O)C1)OCC1c2ccccc2-c2ccccc21. The average molecular weight is 450 g/mol. The van der Waals surface area contributed by atoms with Crippen LogP contribution in [-0.2, 0) is 14.3 Å². The van der Waals surface area contributed by atoms with Gasteiger partial charge in [-0.05, 0) is 34.6 Å². The van der Waals surface area contributed by atoms with Gasteiger partial charge in [0, 0.05) is 31.3 Å². The molecule has 2 amide bonds. The molecule has 0 radical (unpaired) electrons. The average Bonchev–Trinajstić information content (AvgIpc) is 3.37. The molecule has 8 heteroatoms. The smallest absolute Gasteiger partial charge is 0.407 e. The Balaban J connectivity index is 1.11. The van der Waals surface area contributed by atoms with Gasteiger partial charge in [0.1, 0.15) is 6.61 Å². The standard InChI is InChI=1S/C25H26N2O6/c28-22(27-10-9-25(32,14-27)23(29)30)20-11-15(20)12-26-24(31)33-13-21-18-7-3-1-5-16(18)17-6-2-4-8-19(17)21/h1-8,15,20-21,32H,9-14H2,(H,26,31)(H,29,30)/t15-,20-,25?/m1/s1. The Bertz CT molecular complexity index is 1070. The molecule has 2 aromatic rings. The second-order valence-corrected chi connectivity index (χ2v) is 9.16. The lowest BCUT2D eigenvalue weighted by Crippen LogP contribution is -2.43. The van der Waals surface area contributed by atoms with E-state index < -0.39 is 17.7 Å². The summed E-state index contributed by atoms with van der Waals surface area (Å²) in [7, 11) is 0. The Labute approximate surface area is 191 Å². The van der Waals surface area contributed by atoms with E-state index in [1.165, 1.54) is 4.90 Å². The van der Waals surface area contributed by atoms with Crippen molar-refractivity contribution in [1.82, 2.24) is 10.2 Å². The first-order valence-electron chi connectivity index (χ1n) is 11.2. The Morgan fingerprint density at radius 3 is 2.30 bits per heavy atom. The normalized spacial score (nSPS) is 25.3. The highest BCUT2D eigenvalue weighted by molar-refractivity contribution is 5.85. The number of aliphatic carboxylic acids is 1. The summed E-state index contributed by atoms with van der Waals surface area (Å²) in [4.78, 5) is 37.5. The van der Waals surface area contributed by atoms with Gasteiger partial charge in [0.05, 0.1) is 6.54 Å². The third-order valence-corrected chi connectivity index (χ3v) is 7.05. The van der Waals surface area contributed by atoms with E-state index in [1.54, 1.807) is 0 Å². The summed E-state index contributed by atoms with van der Waals surface area (Å²) in [6, 6.07) is 16.3. The van der Waals surface area contributed by atoms with Crippen LogP contribution in [0.2, 0.25) is 0 Å². The van der Waals surface area contributed by atoms with Crippen molar-refractivity contribution in [3.63, 3.8) is 0 Å². The summed E-state index contributed by atoms with van der Waals surface area (Å²) < 4.78 is 5.52. The van der Waals surface area contributed by atoms with Gasteiger partial charge in [-0.2, -0.15) is 0 Å². The Morgan fingerprint density at radius 1 is 1.06 bits per heavy atom. The quantitative estimate of drug-likeness (QED) is 0.622. The molecular weight excluding hydrogens is 424 g/mol. The number of carboxylic acids is 1. The van der Waals surface area contributed by atoms with Gasteiger partial charge in [0.15, 0.2) is 5.60 Å². The number of carbonyl (C=O) groups excluding carboxylic acids is 2. The summed E-state index contributed by atoms with van der Waals surface area (Å²) in [5, 5.41) is 21.9. The lowest BCUT2D eigenvalue weighted by Gasteiger charge is -2.19. The molecule has 0 spiro atoms. The van der Waals surface area contributed by atoms with Gasteiger partial charge >= 0.3 is 12.1 Å². The van der Waals surface area contributed by atoms with Crippen LogP contribution in [0, 0.1) is 11.8 Å². The predicted octanol–water partition coefficient (Wildman–Crippen LogP) is 2.21. The highest BCUT2D eigenvalue weighted by Gasteiger charge is 2.50. The number of carbonyl (C=O) groups is 3. The van der Waals surface area contributed by atoms with Crippen molar-refractivity contribution in [2.75, 3.05) is 26.2 Å². The van der Waals surface area contributed by atoms with Crippen molar-refractivity contribution >= 4 is 18.0 Å². The molecule has 3 N–H and O–H groups in total. The molecule has 5 rings (SSSR count). The summed E-state index contributed by atoms with van der Waals surface area (Å²) in [5.74, 6) is -1.73. The summed E-state index contributed by atoms with van der Waals surface area (Å²) in [6.07, 6.45) is 0.143. The second kappa shape index (κ2) is 8.19. The van der Waals surface area contributed by atoms with Gasteiger partial charge in [-0.15, -0.1) is 0 Å². The topological polar surface area (TPSA) is 116 Å². The van der Waals surface area contributed by atoms with Gasteiger partial charge < -0.3 is 25.2 Å². The molecule has 0 bridgehead atoms. The minimum absolute atomic E-state index is 0.00324. The molecule has 1 heterocycles. The Morgan fingerprint density at radius 2 is 1.70 bits per heavy atom. The Hall–Kier alpha value is -3.39. The number of rotatable bonds is 6. The number of ether oxygens (including phenoxy) is 1. The number of likely N-dealkylation sites (tertiary alicyclic amines) is 1. The molecule has 3 aliphatic rings. The highest BCUT2D eigenvalue weighted by atomic mass is 16.5. The Kier molecular flexibility index (Phi) is 5.32. The van der Waals surface area contributed by atoms with E-state index in [2.05, 4.69) is 29.6 Å². The van der Waals surface area contributed by atoms with Crippen LogP contribution in [0.3, 0.4) is 0 Å². The second-order valence-electron chi connectivity index (χ2n) is 9.16. The zero-order chi connectivity index (χ0) is 23.2. The number of amides is 2. The fourth-order valence-electron chi connectivity index (χ4n) is 5.03. The maximum Gasteiger partial charge on any atom is 0.407 e. The van der Waals surface area contributed by atoms with Crippen LogP contribution < -0.4 is 5.32 Å². The fraction of sp³-hybridized carbons (Fsp3) is 0.400. The van der Waals surface area contributed by atoms with E-state index in [4.69, 9.17) is 9.84 Å². The van der Waals surface area contributed by atoms with E-state index in [9.17, 15) is 19.5 Å². The molecule has 1 saturated heterocycles. The number of aliphatic hydroxyl groups is 1. The van der Waals surface area contributed by atoms with Crippen molar-refractivity contribution in [1.29, 1.82) is 0 Å². The third kappa shape index (κ3) is 3.95. The molecule has 0 aromatic heterocycles. The number of alkyl carbamates (subject to hydrolysis) is 1. The number of β-amino-alcohol motifs (C(OH)–C–C–N with tert-alkyl or cyclic N) is 1. The number of carboxylic acid groups (broad SMARTS) is 1. The molecule has 8 nitrogen and oxygen atoms in total. The van der Waals surface area contributed by atoms with Crippen molar-refractivity contribution in [2.24, 2.45) is 11.8 Å². The van der Waals surface area contributed by atoms with Crippen molar-refractivity contribution in [3.05, 3.63) is 59.7 Å². The van der Waals surface area contributed by atoms with E-state index in [0.717, 1.165) is 22.3 Å². The van der Waals surface area contributed by atoms with Crippen LogP contribution in [0.1, 0.15) is 29.9 Å². The summed E-state index contributed by atoms with van der Waals surface area (Å²) in [6.45, 7) is 0.591. The molecule has 1 aliphatic heterocycles. The van der Waals surface area contributed by atoms with Crippen LogP contribution in [0.25, 0.3) is 11.1 Å². The highest BCUT2D eigenvalue weighted by Crippen LogP contribution is 2.44. The van der Waals surface area contributed by atoms with Gasteiger partial charge in [-0.1, -0.05) is 48.5 Å². The maximum atomic E-state index is 12.6. The van der Waals surface area contributed by atoms with Crippen LogP contribution in [0.5, 0.6) is 0 Å². The fourth-order valence-corrected chi connectivity index (χ4v) is 5.03. The maximum absolute atomic E-state index is 12.6. The number of nitrogens with one attached hydrogen (secondary N) is 1. The summed E-state index contributed by atoms with van der Waals surface area (Å²) >= 11 is 0. The number of hydrogen-bond donors (Lipinski definition) is 3. The monoisotopic (exact) mass is 450 g/mol. The molecular formula is C25H26N2O6. The summed E-state index contributed by atoms with van der Waals surface area (Å²) in [5.41, 5.74) is 2.76. The molecule has 1 saturated carbocycles. The van der Waals surface area contributed by atoms with Crippen molar-refractivity contribution in [3.8, 4) is 11.1 Å². The first kappa shape index (κ1) is 21.5. The first-order valence-corrected chi connectivity index (χ1v) is 11.2. The number of fused-ring (bicyclic) bond motifs is 3. The van der Waals surface area contributed by atoms with Crippen LogP contribution >= 0.6 is 0 Å². The predicted molar refractivity (Wildman–Crippen MR) is 118 cm³/mol. The molecule has 2 aliphatic carbocycles. The lowest BCUT2D eigenvalue weighted by atomic mass is 9.98. The van der Waals surface area contributed by atoms with Crippen LogP contribution in [0.15, 0.2) is 48.5 Å². The third-order valence-electron chi connectivity index (χ3n) is 7.05. The number of benzene rings is 2. The zero-order valence-electron chi connectivity index (χ0n) is 18.1. The number of hydrogen-bond acceptors (Lipinski definition) is 5. The molecule has 1 unspecified atom stereocenters. The first-order chi connectivity index (χ1) is 15.9. The van der Waals surface area contributed by atoms with E-state index >= 15 is 0 Å². The van der Waals surface area contributed by atoms with Crippen molar-refractivity contribution < 1.29 is 29.3 Å². The van der Waals surface area contributed by atoms with Crippen molar-refractivity contribution in [2.45, 2.75) is 24.4 Å². The largest absolute Gasteiger partial charge is 0.479 e. The number of nitrogens with zero attached hydrogens (tertiary/aromatic N) is 1. The van der Waals surface area contributed by atoms with Gasteiger partial charge in [-0.3, -0.25) is 4.79 Å².